The van der Waals surface area contributed by atoms with E-state index in [2.05, 4.69) is 20.9 Å². The van der Waals surface area contributed by atoms with E-state index in [1.165, 1.54) is 0 Å². The Balaban J connectivity index is 2.16. The summed E-state index contributed by atoms with van der Waals surface area (Å²) in [4.78, 5) is 15.8. The minimum atomic E-state index is 0.0562. The third kappa shape index (κ3) is 3.84. The molecule has 0 saturated carbocycles. The van der Waals surface area contributed by atoms with E-state index in [9.17, 15) is 4.79 Å². The van der Waals surface area contributed by atoms with Crippen LogP contribution in [0, 0.1) is 0 Å². The Labute approximate surface area is 130 Å². The molecule has 1 heterocycles. The molecule has 0 unspecified atom stereocenters. The second-order valence-electron chi connectivity index (χ2n) is 4.19. The number of benzene rings is 1. The van der Waals surface area contributed by atoms with Gasteiger partial charge in [-0.25, -0.2) is 4.98 Å². The van der Waals surface area contributed by atoms with E-state index in [-0.39, 0.29) is 5.78 Å². The Morgan fingerprint density at radius 2 is 2.15 bits per heavy atom. The molecule has 0 spiro atoms. The van der Waals surface area contributed by atoms with Crippen molar-refractivity contribution in [3.05, 3.63) is 52.1 Å². The maximum absolute atomic E-state index is 11.4. The summed E-state index contributed by atoms with van der Waals surface area (Å²) in [5.41, 5.74) is 1.69. The highest BCUT2D eigenvalue weighted by Crippen LogP contribution is 2.28. The lowest BCUT2D eigenvalue weighted by molar-refractivity contribution is 0.101. The number of carbonyl (C=O) groups is 1. The smallest absolute Gasteiger partial charge is 0.159 e. The van der Waals surface area contributed by atoms with Crippen LogP contribution in [-0.2, 0) is 5.75 Å². The van der Waals surface area contributed by atoms with Gasteiger partial charge in [-0.15, -0.1) is 11.8 Å². The largest absolute Gasteiger partial charge is 0.496 e. The number of thioether (sulfide) groups is 1. The minimum absolute atomic E-state index is 0.0562. The van der Waals surface area contributed by atoms with Crippen LogP contribution in [0.3, 0.4) is 0 Å². The predicted molar refractivity (Wildman–Crippen MR) is 84.5 cm³/mol. The molecule has 0 amide bonds. The first kappa shape index (κ1) is 15.1. The van der Waals surface area contributed by atoms with Crippen LogP contribution in [0.5, 0.6) is 5.75 Å². The maximum atomic E-state index is 11.4. The van der Waals surface area contributed by atoms with Crippen molar-refractivity contribution in [1.82, 2.24) is 4.98 Å². The second kappa shape index (κ2) is 6.90. The van der Waals surface area contributed by atoms with E-state index in [1.807, 2.05) is 24.3 Å². The molecule has 0 aliphatic heterocycles. The van der Waals surface area contributed by atoms with Gasteiger partial charge in [0.1, 0.15) is 5.75 Å². The van der Waals surface area contributed by atoms with Crippen molar-refractivity contribution < 1.29 is 9.53 Å². The molecule has 0 saturated heterocycles. The molecular weight excluding hydrogens is 338 g/mol. The summed E-state index contributed by atoms with van der Waals surface area (Å²) in [6, 6.07) is 9.41. The maximum Gasteiger partial charge on any atom is 0.159 e. The van der Waals surface area contributed by atoms with E-state index < -0.39 is 0 Å². The highest BCUT2D eigenvalue weighted by atomic mass is 79.9. The average molecular weight is 352 g/mol. The molecule has 0 aliphatic rings. The SMILES string of the molecule is COc1ccc(C(C)=O)cc1CSc1ccc(Br)cn1. The fourth-order valence-electron chi connectivity index (χ4n) is 1.71. The molecule has 20 heavy (non-hydrogen) atoms. The molecule has 0 aliphatic carbocycles. The summed E-state index contributed by atoms with van der Waals surface area (Å²) in [5.74, 6) is 1.55. The number of nitrogens with zero attached hydrogens (tertiary/aromatic N) is 1. The van der Waals surface area contributed by atoms with Gasteiger partial charge in [0.2, 0.25) is 0 Å². The summed E-state index contributed by atoms with van der Waals surface area (Å²) in [5, 5.41) is 0.934. The molecule has 5 heteroatoms. The fourth-order valence-corrected chi connectivity index (χ4v) is 2.76. The van der Waals surface area contributed by atoms with Gasteiger partial charge in [-0.1, -0.05) is 0 Å². The van der Waals surface area contributed by atoms with Gasteiger partial charge >= 0.3 is 0 Å². The molecule has 1 aromatic carbocycles. The van der Waals surface area contributed by atoms with Gasteiger partial charge < -0.3 is 4.74 Å². The normalized spacial score (nSPS) is 10.3. The number of halogens is 1. The van der Waals surface area contributed by atoms with Crippen molar-refractivity contribution in [3.8, 4) is 5.75 Å². The zero-order chi connectivity index (χ0) is 14.5. The molecule has 1 aromatic heterocycles. The first-order valence-corrected chi connectivity index (χ1v) is 7.80. The molecule has 3 nitrogen and oxygen atoms in total. The number of ether oxygens (including phenoxy) is 1. The molecular formula is C15H14BrNO2S. The van der Waals surface area contributed by atoms with E-state index in [0.717, 1.165) is 20.8 Å². The minimum Gasteiger partial charge on any atom is -0.496 e. The number of carbonyl (C=O) groups excluding carboxylic acids is 1. The molecule has 2 aromatic rings. The number of hydrogen-bond acceptors (Lipinski definition) is 4. The van der Waals surface area contributed by atoms with Gasteiger partial charge in [0, 0.05) is 27.5 Å². The lowest BCUT2D eigenvalue weighted by Gasteiger charge is -2.09. The van der Waals surface area contributed by atoms with Crippen LogP contribution in [0.1, 0.15) is 22.8 Å². The molecule has 0 N–H and O–H groups in total. The second-order valence-corrected chi connectivity index (χ2v) is 6.10. The third-order valence-electron chi connectivity index (χ3n) is 2.76. The number of ketones is 1. The van der Waals surface area contributed by atoms with Crippen molar-refractivity contribution in [3.63, 3.8) is 0 Å². The molecule has 0 radical (unpaired) electrons. The zero-order valence-corrected chi connectivity index (χ0v) is 13.6. The van der Waals surface area contributed by atoms with E-state index in [0.29, 0.717) is 11.3 Å². The number of methoxy groups -OCH3 is 1. The molecule has 0 bridgehead atoms. The van der Waals surface area contributed by atoms with Gasteiger partial charge in [-0.2, -0.15) is 0 Å². The summed E-state index contributed by atoms with van der Waals surface area (Å²) >= 11 is 4.97. The Morgan fingerprint density at radius 1 is 1.35 bits per heavy atom. The first-order chi connectivity index (χ1) is 9.60. The molecule has 2 rings (SSSR count). The highest BCUT2D eigenvalue weighted by molar-refractivity contribution is 9.10. The zero-order valence-electron chi connectivity index (χ0n) is 11.2. The Morgan fingerprint density at radius 3 is 2.75 bits per heavy atom. The predicted octanol–water partition coefficient (Wildman–Crippen LogP) is 4.35. The van der Waals surface area contributed by atoms with Crippen molar-refractivity contribution in [2.45, 2.75) is 17.7 Å². The van der Waals surface area contributed by atoms with E-state index in [4.69, 9.17) is 4.74 Å². The first-order valence-electron chi connectivity index (χ1n) is 6.02. The van der Waals surface area contributed by atoms with Crippen molar-refractivity contribution in [2.75, 3.05) is 7.11 Å². The van der Waals surface area contributed by atoms with Crippen LogP contribution in [0.2, 0.25) is 0 Å². The van der Waals surface area contributed by atoms with Crippen LogP contribution < -0.4 is 4.74 Å². The number of hydrogen-bond donors (Lipinski definition) is 0. The van der Waals surface area contributed by atoms with Crippen LogP contribution in [0.4, 0.5) is 0 Å². The number of pyridine rings is 1. The average Bonchev–Trinajstić information content (AvgIpc) is 2.46. The quantitative estimate of drug-likeness (QED) is 0.593. The summed E-state index contributed by atoms with van der Waals surface area (Å²) in [7, 11) is 1.63. The summed E-state index contributed by atoms with van der Waals surface area (Å²) < 4.78 is 6.29. The monoisotopic (exact) mass is 351 g/mol. The lowest BCUT2D eigenvalue weighted by atomic mass is 10.1. The fraction of sp³-hybridized carbons (Fsp3) is 0.200. The van der Waals surface area contributed by atoms with Crippen LogP contribution in [0.15, 0.2) is 46.0 Å². The summed E-state index contributed by atoms with van der Waals surface area (Å²) in [6.45, 7) is 1.56. The highest BCUT2D eigenvalue weighted by Gasteiger charge is 2.08. The van der Waals surface area contributed by atoms with Crippen molar-refractivity contribution in [2.24, 2.45) is 0 Å². The van der Waals surface area contributed by atoms with Gasteiger partial charge in [0.25, 0.3) is 0 Å². The van der Waals surface area contributed by atoms with E-state index in [1.54, 1.807) is 38.1 Å². The van der Waals surface area contributed by atoms with Crippen LogP contribution in [0.25, 0.3) is 0 Å². The Kier molecular flexibility index (Phi) is 5.20. The van der Waals surface area contributed by atoms with Crippen LogP contribution in [-0.4, -0.2) is 17.9 Å². The Bertz CT molecular complexity index is 614. The topological polar surface area (TPSA) is 39.2 Å². The van der Waals surface area contributed by atoms with Crippen molar-refractivity contribution in [1.29, 1.82) is 0 Å². The number of Topliss-reactive ketones (excluding diaryl/α,β-unsaturated/α-hetero) is 1. The number of rotatable bonds is 5. The summed E-state index contributed by atoms with van der Waals surface area (Å²) in [6.07, 6.45) is 1.77. The molecule has 104 valence electrons. The van der Waals surface area contributed by atoms with Gasteiger partial charge in [-0.3, -0.25) is 4.79 Å². The Hall–Kier alpha value is -1.33. The molecule has 0 fully saturated rings. The third-order valence-corrected chi connectivity index (χ3v) is 4.22. The lowest BCUT2D eigenvalue weighted by Crippen LogP contribution is -1.97. The standard InChI is InChI=1S/C15H14BrNO2S/c1-10(18)11-3-5-14(19-2)12(7-11)9-20-15-6-4-13(16)8-17-15/h3-8H,9H2,1-2H3. The van der Waals surface area contributed by atoms with E-state index >= 15 is 0 Å². The van der Waals surface area contributed by atoms with Crippen LogP contribution >= 0.6 is 27.7 Å². The number of aromatic nitrogens is 1. The van der Waals surface area contributed by atoms with Gasteiger partial charge in [0.05, 0.1) is 12.1 Å². The van der Waals surface area contributed by atoms with Gasteiger partial charge in [-0.05, 0) is 53.2 Å². The molecule has 0 atom stereocenters. The van der Waals surface area contributed by atoms with Gasteiger partial charge in [0.15, 0.2) is 5.78 Å². The van der Waals surface area contributed by atoms with Crippen molar-refractivity contribution >= 4 is 33.5 Å².